The SMILES string of the molecule is CCc1nn2c(=O)cc(COC(=O)/C=C/c3ccc(Cl)cc3Cl)nc2s1. The predicted molar refractivity (Wildman–Crippen MR) is 102 cm³/mol. The van der Waals surface area contributed by atoms with Crippen molar-refractivity contribution in [3.05, 3.63) is 67.0 Å². The van der Waals surface area contributed by atoms with Crippen molar-refractivity contribution in [2.24, 2.45) is 0 Å². The van der Waals surface area contributed by atoms with Crippen molar-refractivity contribution in [2.45, 2.75) is 20.0 Å². The molecule has 6 nitrogen and oxygen atoms in total. The first-order valence-electron chi connectivity index (χ1n) is 7.65. The van der Waals surface area contributed by atoms with Crippen molar-refractivity contribution in [3.8, 4) is 0 Å². The fourth-order valence-corrected chi connectivity index (χ4v) is 3.43. The number of nitrogens with zero attached hydrogens (tertiary/aromatic N) is 3. The molecule has 0 atom stereocenters. The predicted octanol–water partition coefficient (Wildman–Crippen LogP) is 3.78. The Labute approximate surface area is 162 Å². The minimum Gasteiger partial charge on any atom is -0.456 e. The molecule has 0 aliphatic rings. The van der Waals surface area contributed by atoms with Gasteiger partial charge in [-0.2, -0.15) is 9.61 Å². The Bertz CT molecular complexity index is 1060. The Hall–Kier alpha value is -2.22. The van der Waals surface area contributed by atoms with Gasteiger partial charge in [-0.3, -0.25) is 4.79 Å². The van der Waals surface area contributed by atoms with E-state index in [0.717, 1.165) is 11.4 Å². The number of aryl methyl sites for hydroxylation is 1. The summed E-state index contributed by atoms with van der Waals surface area (Å²) >= 11 is 13.2. The Morgan fingerprint density at radius 1 is 1.35 bits per heavy atom. The monoisotopic (exact) mass is 409 g/mol. The maximum Gasteiger partial charge on any atom is 0.331 e. The summed E-state index contributed by atoms with van der Waals surface area (Å²) < 4.78 is 6.38. The van der Waals surface area contributed by atoms with Gasteiger partial charge in [-0.05, 0) is 30.2 Å². The van der Waals surface area contributed by atoms with Gasteiger partial charge in [0.2, 0.25) is 4.96 Å². The van der Waals surface area contributed by atoms with Gasteiger partial charge in [0.1, 0.15) is 11.6 Å². The van der Waals surface area contributed by atoms with Crippen LogP contribution in [0.5, 0.6) is 0 Å². The first-order valence-corrected chi connectivity index (χ1v) is 9.22. The molecule has 0 N–H and O–H groups in total. The Morgan fingerprint density at radius 3 is 2.88 bits per heavy atom. The zero-order chi connectivity index (χ0) is 18.7. The molecule has 0 aliphatic carbocycles. The lowest BCUT2D eigenvalue weighted by atomic mass is 10.2. The molecule has 0 amide bonds. The van der Waals surface area contributed by atoms with E-state index in [1.165, 1.54) is 34.1 Å². The zero-order valence-electron chi connectivity index (χ0n) is 13.6. The fourth-order valence-electron chi connectivity index (χ4n) is 2.10. The summed E-state index contributed by atoms with van der Waals surface area (Å²) in [5.74, 6) is -0.573. The van der Waals surface area contributed by atoms with Gasteiger partial charge in [-0.1, -0.05) is 47.5 Å². The van der Waals surface area contributed by atoms with Gasteiger partial charge in [-0.25, -0.2) is 9.78 Å². The second-order valence-electron chi connectivity index (χ2n) is 5.24. The van der Waals surface area contributed by atoms with Crippen molar-refractivity contribution < 1.29 is 9.53 Å². The molecule has 9 heteroatoms. The molecule has 0 spiro atoms. The number of carbonyl (C=O) groups excluding carboxylic acids is 1. The summed E-state index contributed by atoms with van der Waals surface area (Å²) in [7, 11) is 0. The third-order valence-electron chi connectivity index (χ3n) is 3.37. The molecule has 3 rings (SSSR count). The Morgan fingerprint density at radius 2 is 2.15 bits per heavy atom. The van der Waals surface area contributed by atoms with E-state index in [1.807, 2.05) is 6.92 Å². The quantitative estimate of drug-likeness (QED) is 0.473. The number of carbonyl (C=O) groups is 1. The molecular weight excluding hydrogens is 397 g/mol. The topological polar surface area (TPSA) is 73.6 Å². The molecule has 0 radical (unpaired) electrons. The van der Waals surface area contributed by atoms with E-state index >= 15 is 0 Å². The highest BCUT2D eigenvalue weighted by molar-refractivity contribution is 7.16. The fraction of sp³-hybridized carbons (Fsp3) is 0.176. The summed E-state index contributed by atoms with van der Waals surface area (Å²) in [6.45, 7) is 1.84. The molecule has 0 saturated carbocycles. The number of ether oxygens (including phenoxy) is 1. The molecule has 0 fully saturated rings. The minimum atomic E-state index is -0.573. The van der Waals surface area contributed by atoms with Gasteiger partial charge in [0.15, 0.2) is 0 Å². The van der Waals surface area contributed by atoms with Crippen LogP contribution in [0.15, 0.2) is 35.1 Å². The summed E-state index contributed by atoms with van der Waals surface area (Å²) in [4.78, 5) is 28.7. The standard InChI is InChI=1S/C17H13Cl2N3O3S/c1-2-14-21-22-15(23)8-12(20-17(22)26-14)9-25-16(24)6-4-10-3-5-11(18)7-13(10)19/h3-8H,2,9H2,1H3/b6-4+. The van der Waals surface area contributed by atoms with E-state index < -0.39 is 5.97 Å². The third-order valence-corrected chi connectivity index (χ3v) is 4.98. The molecule has 0 saturated heterocycles. The number of hydrogen-bond donors (Lipinski definition) is 0. The lowest BCUT2D eigenvalue weighted by molar-refractivity contribution is -0.139. The van der Waals surface area contributed by atoms with Crippen molar-refractivity contribution in [1.29, 1.82) is 0 Å². The largest absolute Gasteiger partial charge is 0.456 e. The van der Waals surface area contributed by atoms with Crippen LogP contribution in [0.3, 0.4) is 0 Å². The number of rotatable bonds is 5. The third kappa shape index (κ3) is 4.30. The number of fused-ring (bicyclic) bond motifs is 1. The van der Waals surface area contributed by atoms with Crippen molar-refractivity contribution in [3.63, 3.8) is 0 Å². The lowest BCUT2D eigenvalue weighted by Crippen LogP contribution is -2.16. The normalized spacial score (nSPS) is 11.3. The van der Waals surface area contributed by atoms with Crippen LogP contribution in [0.2, 0.25) is 10.0 Å². The highest BCUT2D eigenvalue weighted by atomic mass is 35.5. The summed E-state index contributed by atoms with van der Waals surface area (Å²) in [5.41, 5.74) is 0.704. The summed E-state index contributed by atoms with van der Waals surface area (Å²) in [5, 5.41) is 5.92. The zero-order valence-corrected chi connectivity index (χ0v) is 15.9. The second-order valence-corrected chi connectivity index (χ2v) is 7.12. The van der Waals surface area contributed by atoms with Crippen LogP contribution in [-0.4, -0.2) is 20.6 Å². The molecule has 0 aliphatic heterocycles. The van der Waals surface area contributed by atoms with Crippen LogP contribution in [0.25, 0.3) is 11.0 Å². The van der Waals surface area contributed by atoms with Crippen molar-refractivity contribution in [2.75, 3.05) is 0 Å². The van der Waals surface area contributed by atoms with Gasteiger partial charge < -0.3 is 4.74 Å². The minimum absolute atomic E-state index is 0.109. The average molecular weight is 410 g/mol. The maximum atomic E-state index is 12.0. The van der Waals surface area contributed by atoms with Crippen molar-refractivity contribution in [1.82, 2.24) is 14.6 Å². The number of benzene rings is 1. The van der Waals surface area contributed by atoms with Gasteiger partial charge in [-0.15, -0.1) is 0 Å². The second kappa shape index (κ2) is 7.99. The maximum absolute atomic E-state index is 12.0. The van der Waals surface area contributed by atoms with Gasteiger partial charge >= 0.3 is 5.97 Å². The first kappa shape index (κ1) is 18.6. The van der Waals surface area contributed by atoms with Crippen LogP contribution in [0.4, 0.5) is 0 Å². The van der Waals surface area contributed by atoms with Gasteiger partial charge in [0.05, 0.1) is 5.69 Å². The van der Waals surface area contributed by atoms with Crippen LogP contribution >= 0.6 is 34.5 Å². The molecule has 3 aromatic rings. The number of aromatic nitrogens is 3. The molecule has 134 valence electrons. The van der Waals surface area contributed by atoms with Crippen LogP contribution in [0.1, 0.15) is 23.2 Å². The van der Waals surface area contributed by atoms with E-state index in [2.05, 4.69) is 10.1 Å². The van der Waals surface area contributed by atoms with E-state index in [4.69, 9.17) is 27.9 Å². The first-order chi connectivity index (χ1) is 12.5. The van der Waals surface area contributed by atoms with Crippen molar-refractivity contribution >= 4 is 51.5 Å². The molecule has 0 unspecified atom stereocenters. The smallest absolute Gasteiger partial charge is 0.331 e. The van der Waals surface area contributed by atoms with E-state index in [0.29, 0.717) is 26.3 Å². The van der Waals surface area contributed by atoms with Crippen LogP contribution in [0, 0.1) is 0 Å². The summed E-state index contributed by atoms with van der Waals surface area (Å²) in [6, 6.07) is 6.25. The molecule has 0 bridgehead atoms. The van der Waals surface area contributed by atoms with E-state index in [-0.39, 0.29) is 12.2 Å². The lowest BCUT2D eigenvalue weighted by Gasteiger charge is -2.02. The molecule has 2 aromatic heterocycles. The Kier molecular flexibility index (Phi) is 5.70. The molecule has 26 heavy (non-hydrogen) atoms. The summed E-state index contributed by atoms with van der Waals surface area (Å²) in [6.07, 6.45) is 3.50. The molecule has 2 heterocycles. The number of halogens is 2. The highest BCUT2D eigenvalue weighted by Crippen LogP contribution is 2.22. The average Bonchev–Trinajstić information content (AvgIpc) is 3.03. The highest BCUT2D eigenvalue weighted by Gasteiger charge is 2.09. The van der Waals surface area contributed by atoms with Gasteiger partial charge in [0, 0.05) is 22.2 Å². The number of hydrogen-bond acceptors (Lipinski definition) is 6. The number of esters is 1. The van der Waals surface area contributed by atoms with Crippen LogP contribution < -0.4 is 5.56 Å². The van der Waals surface area contributed by atoms with E-state index in [1.54, 1.807) is 18.2 Å². The van der Waals surface area contributed by atoms with Gasteiger partial charge in [0.25, 0.3) is 5.56 Å². The Balaban J connectivity index is 1.68. The molecule has 1 aromatic carbocycles. The van der Waals surface area contributed by atoms with E-state index in [9.17, 15) is 9.59 Å². The van der Waals surface area contributed by atoms with Crippen LogP contribution in [-0.2, 0) is 22.6 Å². The molecular formula is C17H13Cl2N3O3S.